The molecule has 3 heteroatoms. The van der Waals surface area contributed by atoms with E-state index in [-0.39, 0.29) is 43.8 Å². The van der Waals surface area contributed by atoms with Gasteiger partial charge in [-0.25, -0.2) is 0 Å². The Labute approximate surface area is 356 Å². The number of nitrogens with zero attached hydrogens (tertiary/aromatic N) is 3. The molecule has 266 valence electrons. The molecule has 0 amide bonds. The van der Waals surface area contributed by atoms with Gasteiger partial charge in [0.05, 0.1) is 64.8 Å². The summed E-state index contributed by atoms with van der Waals surface area (Å²) in [5.41, 5.74) is 0.730. The lowest BCUT2D eigenvalue weighted by molar-refractivity contribution is 1.17. The number of aromatic nitrogens is 3. The van der Waals surface area contributed by atoms with E-state index in [1.165, 1.54) is 4.57 Å². The van der Waals surface area contributed by atoms with Gasteiger partial charge in [-0.3, -0.25) is 0 Å². The Hall–Kier alpha value is -7.62. The van der Waals surface area contributed by atoms with Gasteiger partial charge in [0.25, 0.3) is 0 Å². The van der Waals surface area contributed by atoms with Crippen molar-refractivity contribution in [3.63, 3.8) is 0 Å². The minimum atomic E-state index is -0.913. The fraction of sp³-hybridized carbons (Fsp3) is 0. The summed E-state index contributed by atoms with van der Waals surface area (Å²) in [5.74, 6) is 0. The number of para-hydroxylation sites is 6. The highest BCUT2D eigenvalue weighted by atomic mass is 15.0. The zero-order valence-corrected chi connectivity index (χ0v) is 29.6. The van der Waals surface area contributed by atoms with Gasteiger partial charge in [-0.15, -0.1) is 0 Å². The predicted octanol–water partition coefficient (Wildman–Crippen LogP) is 14.3. The van der Waals surface area contributed by atoms with Crippen molar-refractivity contribution in [3.05, 3.63) is 212 Å². The van der Waals surface area contributed by atoms with Gasteiger partial charge in [0.1, 0.15) is 0 Å². The van der Waals surface area contributed by atoms with E-state index in [9.17, 15) is 12.3 Å². The second-order valence-corrected chi connectivity index (χ2v) is 13.4. The highest BCUT2D eigenvalue weighted by Gasteiger charge is 2.23. The van der Waals surface area contributed by atoms with Crippen LogP contribution in [0.3, 0.4) is 0 Å². The molecule has 0 unspecified atom stereocenters. The topological polar surface area (TPSA) is 14.8 Å². The zero-order chi connectivity index (χ0) is 54.0. The molecule has 0 saturated heterocycles. The van der Waals surface area contributed by atoms with E-state index in [4.69, 9.17) is 13.7 Å². The van der Waals surface area contributed by atoms with Crippen LogP contribution in [0.25, 0.3) is 105 Å². The molecule has 57 heavy (non-hydrogen) atoms. The molecule has 0 bridgehead atoms. The van der Waals surface area contributed by atoms with Gasteiger partial charge in [0.15, 0.2) is 0 Å². The first-order valence-electron chi connectivity index (χ1n) is 27.6. The fourth-order valence-electron chi connectivity index (χ4n) is 8.21. The molecule has 3 heterocycles. The summed E-state index contributed by atoms with van der Waals surface area (Å²) < 4.78 is 179. The minimum absolute atomic E-state index is 0.180. The van der Waals surface area contributed by atoms with Crippen LogP contribution in [0.2, 0.25) is 0 Å². The summed E-state index contributed by atoms with van der Waals surface area (Å²) >= 11 is 0. The van der Waals surface area contributed by atoms with E-state index in [1.54, 1.807) is 18.2 Å². The average Bonchev–Trinajstić information content (AvgIpc) is 4.26. The molecule has 3 aromatic heterocycles. The number of rotatable bonds is 5. The number of hydrogen-bond acceptors (Lipinski definition) is 0. The molecule has 0 N–H and O–H groups in total. The molecule has 0 spiro atoms. The SMILES string of the molecule is [2H]c1c([2H])c([2H])c(-c2c([2H])c([2H])c([2H])c(-n3c4c([2H])c([2H])c([2H])c([2H])c4c4c([2H])c([2H])c5c(c6c([2H])c([2H])c([2H])c([2H])c6n5-c5ccccc5-c5cccc6c7ccccc7n(-c7ccccc7)c56)c43)c2[2H])c([2H])c1[2H]. The van der Waals surface area contributed by atoms with Gasteiger partial charge in [-0.1, -0.05) is 157 Å². The van der Waals surface area contributed by atoms with Crippen molar-refractivity contribution >= 4 is 65.4 Å². The zero-order valence-electron chi connectivity index (χ0n) is 48.6. The van der Waals surface area contributed by atoms with E-state index in [0.29, 0.717) is 11.1 Å². The van der Waals surface area contributed by atoms with Crippen LogP contribution in [0, 0.1) is 0 Å². The molecule has 3 nitrogen and oxygen atoms in total. The molecule has 0 aliphatic carbocycles. The second-order valence-electron chi connectivity index (χ2n) is 13.4. The van der Waals surface area contributed by atoms with Crippen LogP contribution in [0.5, 0.6) is 0 Å². The predicted molar refractivity (Wildman–Crippen MR) is 240 cm³/mol. The van der Waals surface area contributed by atoms with Gasteiger partial charge < -0.3 is 13.7 Å². The van der Waals surface area contributed by atoms with Crippen LogP contribution in [-0.4, -0.2) is 13.7 Å². The molecule has 0 fully saturated rings. The van der Waals surface area contributed by atoms with Gasteiger partial charge in [0.2, 0.25) is 0 Å². The van der Waals surface area contributed by atoms with Crippen LogP contribution in [0.15, 0.2) is 212 Å². The largest absolute Gasteiger partial charge is 0.309 e. The molecule has 0 radical (unpaired) electrons. The third kappa shape index (κ3) is 4.66. The summed E-state index contributed by atoms with van der Waals surface area (Å²) in [6.45, 7) is 0. The smallest absolute Gasteiger partial charge is 0.0651 e. The molecule has 12 aromatic rings. The Bertz CT molecular complexity index is 4600. The van der Waals surface area contributed by atoms with E-state index in [0.717, 1.165) is 32.1 Å². The molecule has 9 aromatic carbocycles. The summed E-state index contributed by atoms with van der Waals surface area (Å²) in [4.78, 5) is 0. The quantitative estimate of drug-likeness (QED) is 0.167. The van der Waals surface area contributed by atoms with E-state index >= 15 is 0 Å². The van der Waals surface area contributed by atoms with Crippen LogP contribution in [0.4, 0.5) is 0 Å². The third-order valence-corrected chi connectivity index (χ3v) is 10.5. The number of fused-ring (bicyclic) bond motifs is 10. The normalized spacial score (nSPS) is 16.5. The highest BCUT2D eigenvalue weighted by Crippen LogP contribution is 2.45. The van der Waals surface area contributed by atoms with Gasteiger partial charge in [-0.2, -0.15) is 0 Å². The van der Waals surface area contributed by atoms with Gasteiger partial charge in [-0.05, 0) is 65.6 Å². The standard InChI is InChI=1S/C54H35N3/c1-3-17-36(18-4-1)37-19-15-22-39(35-37)56-48-30-12-8-25-42(48)45-33-34-51-52(54(45)56)46-26-10-14-32-50(46)57(51)49-31-13-9-24-41(49)44-28-16-27-43-40-23-7-11-29-47(40)55(53(43)44)38-20-5-2-6-21-38/h1-35H/i1D,3D,4D,8D,10D,12D,14D,15D,17D,18D,19D,22D,25D,26D,30D,32D,33D,34D,35D. The first-order chi connectivity index (χ1) is 36.2. The van der Waals surface area contributed by atoms with Crippen molar-refractivity contribution in [2.75, 3.05) is 0 Å². The molecule has 0 saturated carbocycles. The second kappa shape index (κ2) is 12.5. The minimum Gasteiger partial charge on any atom is -0.309 e. The lowest BCUT2D eigenvalue weighted by Crippen LogP contribution is -1.99. The Morgan fingerprint density at radius 1 is 0.333 bits per heavy atom. The molecular weight excluding hydrogens is 691 g/mol. The molecular formula is C54H35N3. The summed E-state index contributed by atoms with van der Waals surface area (Å²) in [7, 11) is 0. The molecule has 12 rings (SSSR count). The van der Waals surface area contributed by atoms with Gasteiger partial charge in [0, 0.05) is 54.8 Å². The van der Waals surface area contributed by atoms with E-state index < -0.39 is 137 Å². The maximum Gasteiger partial charge on any atom is 0.0651 e. The third-order valence-electron chi connectivity index (χ3n) is 10.5. The maximum atomic E-state index is 10.0. The van der Waals surface area contributed by atoms with Gasteiger partial charge >= 0.3 is 0 Å². The lowest BCUT2D eigenvalue weighted by Gasteiger charge is -2.17. The van der Waals surface area contributed by atoms with Crippen molar-refractivity contribution in [2.45, 2.75) is 0 Å². The summed E-state index contributed by atoms with van der Waals surface area (Å²) in [6, 6.07) is 15.9. The first kappa shape index (κ1) is 18.3. The van der Waals surface area contributed by atoms with Crippen LogP contribution in [-0.2, 0) is 0 Å². The first-order valence-corrected chi connectivity index (χ1v) is 18.1. The van der Waals surface area contributed by atoms with Crippen LogP contribution >= 0.6 is 0 Å². The number of hydrogen-bond donors (Lipinski definition) is 0. The van der Waals surface area contributed by atoms with Crippen molar-refractivity contribution in [2.24, 2.45) is 0 Å². The van der Waals surface area contributed by atoms with Crippen molar-refractivity contribution in [1.82, 2.24) is 13.7 Å². The van der Waals surface area contributed by atoms with E-state index in [1.807, 2.05) is 78.9 Å². The Morgan fingerprint density at radius 3 is 1.88 bits per heavy atom. The van der Waals surface area contributed by atoms with Crippen molar-refractivity contribution < 1.29 is 26.0 Å². The number of benzene rings is 9. The fourth-order valence-corrected chi connectivity index (χ4v) is 8.21. The highest BCUT2D eigenvalue weighted by molar-refractivity contribution is 6.26. The van der Waals surface area contributed by atoms with Crippen molar-refractivity contribution in [1.29, 1.82) is 0 Å². The Balaban J connectivity index is 1.34. The molecule has 0 aliphatic heterocycles. The Kier molecular flexibility index (Phi) is 4.01. The van der Waals surface area contributed by atoms with E-state index in [2.05, 4.69) is 4.57 Å². The van der Waals surface area contributed by atoms with Crippen LogP contribution < -0.4 is 0 Å². The monoisotopic (exact) mass is 744 g/mol. The molecule has 0 aliphatic rings. The maximum absolute atomic E-state index is 10.0. The van der Waals surface area contributed by atoms with Crippen molar-refractivity contribution in [3.8, 4) is 39.3 Å². The molecule has 0 atom stereocenters. The lowest BCUT2D eigenvalue weighted by atomic mass is 10.00. The Morgan fingerprint density at radius 2 is 1.00 bits per heavy atom. The summed E-state index contributed by atoms with van der Waals surface area (Å²) in [5, 5.41) is 0.647. The van der Waals surface area contributed by atoms with Crippen LogP contribution in [0.1, 0.15) is 26.0 Å². The summed E-state index contributed by atoms with van der Waals surface area (Å²) in [6.07, 6.45) is 0. The average molecular weight is 745 g/mol.